The van der Waals surface area contributed by atoms with E-state index in [4.69, 9.17) is 4.84 Å². The molecule has 12 heavy (non-hydrogen) atoms. The molecule has 0 saturated heterocycles. The molecule has 0 aromatic rings. The van der Waals surface area contributed by atoms with Gasteiger partial charge in [0.2, 0.25) is 0 Å². The van der Waals surface area contributed by atoms with Crippen LogP contribution >= 0.6 is 0 Å². The lowest BCUT2D eigenvalue weighted by Gasteiger charge is -2.10. The molecule has 0 rings (SSSR count). The zero-order chi connectivity index (χ0) is 9.56. The van der Waals surface area contributed by atoms with E-state index in [-0.39, 0.29) is 11.9 Å². The molecule has 1 N–H and O–H groups in total. The molecule has 1 amide bonds. The maximum Gasteiger partial charge on any atom is 0.269 e. The van der Waals surface area contributed by atoms with E-state index in [1.165, 1.54) is 18.2 Å². The van der Waals surface area contributed by atoms with Crippen molar-refractivity contribution in [2.24, 2.45) is 0 Å². The van der Waals surface area contributed by atoms with Crippen molar-refractivity contribution in [2.45, 2.75) is 13.0 Å². The first-order chi connectivity index (χ1) is 5.61. The fraction of sp³-hybridized carbons (Fsp3) is 0.625. The lowest BCUT2D eigenvalue weighted by atomic mass is 10.3. The quantitative estimate of drug-likeness (QED) is 0.485. The molecule has 4 heteroatoms. The standard InChI is InChI=1S/C8H16N2O2/c1-7(9-2)5-6-8(11)10(3)12-4/h5-7,9H,1-4H3/b6-5+. The Bertz CT molecular complexity index is 168. The average Bonchev–Trinajstić information content (AvgIpc) is 2.11. The van der Waals surface area contributed by atoms with Crippen molar-refractivity contribution >= 4 is 5.91 Å². The van der Waals surface area contributed by atoms with E-state index in [1.807, 2.05) is 14.0 Å². The molecule has 0 aliphatic rings. The molecule has 70 valence electrons. The van der Waals surface area contributed by atoms with E-state index >= 15 is 0 Å². The molecule has 1 unspecified atom stereocenters. The number of hydroxylamine groups is 2. The number of nitrogens with zero attached hydrogens (tertiary/aromatic N) is 1. The number of likely N-dealkylation sites (N-methyl/N-ethyl adjacent to an activating group) is 2. The van der Waals surface area contributed by atoms with E-state index in [0.29, 0.717) is 0 Å². The molecule has 1 atom stereocenters. The summed E-state index contributed by atoms with van der Waals surface area (Å²) in [5.74, 6) is -0.167. The average molecular weight is 172 g/mol. The SMILES string of the molecule is CNC(C)/C=C/C(=O)N(C)OC. The highest BCUT2D eigenvalue weighted by molar-refractivity contribution is 5.86. The minimum atomic E-state index is -0.167. The second kappa shape index (κ2) is 5.74. The van der Waals surface area contributed by atoms with E-state index < -0.39 is 0 Å². The van der Waals surface area contributed by atoms with Gasteiger partial charge in [-0.3, -0.25) is 9.63 Å². The van der Waals surface area contributed by atoms with Gasteiger partial charge in [0.1, 0.15) is 0 Å². The molecular formula is C8H16N2O2. The summed E-state index contributed by atoms with van der Waals surface area (Å²) < 4.78 is 0. The van der Waals surface area contributed by atoms with Crippen molar-refractivity contribution in [3.05, 3.63) is 12.2 Å². The minimum absolute atomic E-state index is 0.167. The molecule has 0 saturated carbocycles. The van der Waals surface area contributed by atoms with Gasteiger partial charge in [-0.2, -0.15) is 0 Å². The number of amides is 1. The van der Waals surface area contributed by atoms with Gasteiger partial charge in [0.05, 0.1) is 7.11 Å². The van der Waals surface area contributed by atoms with Crippen molar-refractivity contribution in [3.63, 3.8) is 0 Å². The van der Waals surface area contributed by atoms with Gasteiger partial charge in [-0.05, 0) is 14.0 Å². The Morgan fingerprint density at radius 3 is 2.67 bits per heavy atom. The van der Waals surface area contributed by atoms with Crippen LogP contribution in [0.25, 0.3) is 0 Å². The van der Waals surface area contributed by atoms with Crippen LogP contribution in [0.5, 0.6) is 0 Å². The minimum Gasteiger partial charge on any atom is -0.314 e. The molecule has 0 aromatic heterocycles. The van der Waals surface area contributed by atoms with Gasteiger partial charge >= 0.3 is 0 Å². The Kier molecular flexibility index (Phi) is 5.32. The van der Waals surface area contributed by atoms with Gasteiger partial charge < -0.3 is 5.32 Å². The van der Waals surface area contributed by atoms with Crippen LogP contribution in [0.1, 0.15) is 6.92 Å². The van der Waals surface area contributed by atoms with Gasteiger partial charge in [-0.25, -0.2) is 5.06 Å². The molecule has 0 bridgehead atoms. The van der Waals surface area contributed by atoms with E-state index in [0.717, 1.165) is 0 Å². The zero-order valence-corrected chi connectivity index (χ0v) is 8.00. The highest BCUT2D eigenvalue weighted by Crippen LogP contribution is 1.89. The summed E-state index contributed by atoms with van der Waals surface area (Å²) in [6.45, 7) is 1.95. The number of carbonyl (C=O) groups excluding carboxylic acids is 1. The van der Waals surface area contributed by atoms with Crippen molar-refractivity contribution in [1.29, 1.82) is 0 Å². The monoisotopic (exact) mass is 172 g/mol. The van der Waals surface area contributed by atoms with Crippen LogP contribution in [0.15, 0.2) is 12.2 Å². The fourth-order valence-electron chi connectivity index (χ4n) is 0.518. The van der Waals surface area contributed by atoms with Crippen LogP contribution in [-0.4, -0.2) is 38.2 Å². The van der Waals surface area contributed by atoms with Crippen LogP contribution in [0.2, 0.25) is 0 Å². The summed E-state index contributed by atoms with van der Waals surface area (Å²) in [4.78, 5) is 15.8. The Morgan fingerprint density at radius 1 is 1.67 bits per heavy atom. The highest BCUT2D eigenvalue weighted by Gasteiger charge is 2.02. The van der Waals surface area contributed by atoms with E-state index in [1.54, 1.807) is 13.1 Å². The lowest BCUT2D eigenvalue weighted by Crippen LogP contribution is -2.24. The topological polar surface area (TPSA) is 41.6 Å². The number of hydrogen-bond acceptors (Lipinski definition) is 3. The van der Waals surface area contributed by atoms with Gasteiger partial charge in [0, 0.05) is 19.2 Å². The van der Waals surface area contributed by atoms with Gasteiger partial charge in [-0.1, -0.05) is 6.08 Å². The molecule has 0 spiro atoms. The lowest BCUT2D eigenvalue weighted by molar-refractivity contribution is -0.162. The van der Waals surface area contributed by atoms with Crippen molar-refractivity contribution in [3.8, 4) is 0 Å². The summed E-state index contributed by atoms with van der Waals surface area (Å²) in [5.41, 5.74) is 0. The predicted molar refractivity (Wildman–Crippen MR) is 47.4 cm³/mol. The van der Waals surface area contributed by atoms with E-state index in [9.17, 15) is 4.79 Å². The molecular weight excluding hydrogens is 156 g/mol. The Hall–Kier alpha value is -0.870. The first-order valence-corrected chi connectivity index (χ1v) is 3.79. The van der Waals surface area contributed by atoms with Gasteiger partial charge in [0.15, 0.2) is 0 Å². The fourth-order valence-corrected chi connectivity index (χ4v) is 0.518. The third-order valence-electron chi connectivity index (χ3n) is 1.57. The number of carbonyl (C=O) groups is 1. The molecule has 0 aliphatic carbocycles. The number of rotatable bonds is 4. The maximum absolute atomic E-state index is 11.1. The summed E-state index contributed by atoms with van der Waals surface area (Å²) in [6, 6.07) is 0.194. The second-order valence-corrected chi connectivity index (χ2v) is 2.45. The first-order valence-electron chi connectivity index (χ1n) is 3.79. The molecule has 0 fully saturated rings. The summed E-state index contributed by atoms with van der Waals surface area (Å²) in [5, 5.41) is 4.14. The third-order valence-corrected chi connectivity index (χ3v) is 1.57. The Morgan fingerprint density at radius 2 is 2.25 bits per heavy atom. The van der Waals surface area contributed by atoms with Gasteiger partial charge in [0.25, 0.3) is 5.91 Å². The van der Waals surface area contributed by atoms with Crippen LogP contribution in [0.4, 0.5) is 0 Å². The Balaban J connectivity index is 3.90. The Labute approximate surface area is 73.1 Å². The second-order valence-electron chi connectivity index (χ2n) is 2.45. The maximum atomic E-state index is 11.1. The molecule has 0 heterocycles. The first kappa shape index (κ1) is 11.1. The van der Waals surface area contributed by atoms with Crippen LogP contribution in [0, 0.1) is 0 Å². The number of hydrogen-bond donors (Lipinski definition) is 1. The molecule has 0 radical (unpaired) electrons. The molecule has 4 nitrogen and oxygen atoms in total. The predicted octanol–water partition coefficient (Wildman–Crippen LogP) is 0.170. The summed E-state index contributed by atoms with van der Waals surface area (Å²) in [7, 11) is 4.85. The smallest absolute Gasteiger partial charge is 0.269 e. The number of nitrogens with one attached hydrogen (secondary N) is 1. The van der Waals surface area contributed by atoms with E-state index in [2.05, 4.69) is 5.32 Å². The molecule has 0 aromatic carbocycles. The zero-order valence-electron chi connectivity index (χ0n) is 8.00. The van der Waals surface area contributed by atoms with Crippen LogP contribution < -0.4 is 5.32 Å². The largest absolute Gasteiger partial charge is 0.314 e. The van der Waals surface area contributed by atoms with Crippen LogP contribution in [0.3, 0.4) is 0 Å². The molecule has 0 aliphatic heterocycles. The normalized spacial score (nSPS) is 13.3. The third kappa shape index (κ3) is 4.10. The van der Waals surface area contributed by atoms with Crippen molar-refractivity contribution in [1.82, 2.24) is 10.4 Å². The summed E-state index contributed by atoms with van der Waals surface area (Å²) >= 11 is 0. The highest BCUT2D eigenvalue weighted by atomic mass is 16.7. The van der Waals surface area contributed by atoms with Crippen molar-refractivity contribution < 1.29 is 9.63 Å². The summed E-state index contributed by atoms with van der Waals surface area (Å²) in [6.07, 6.45) is 3.25. The van der Waals surface area contributed by atoms with Crippen molar-refractivity contribution in [2.75, 3.05) is 21.2 Å². The van der Waals surface area contributed by atoms with Gasteiger partial charge in [-0.15, -0.1) is 0 Å². The van der Waals surface area contributed by atoms with Crippen LogP contribution in [-0.2, 0) is 9.63 Å².